The Morgan fingerprint density at radius 3 is 3.06 bits per heavy atom. The van der Waals surface area contributed by atoms with Gasteiger partial charge in [0.05, 0.1) is 0 Å². The minimum absolute atomic E-state index is 0.0158. The normalized spacial score (nSPS) is 28.8. The van der Waals surface area contributed by atoms with Crippen LogP contribution >= 0.6 is 0 Å². The van der Waals surface area contributed by atoms with E-state index in [0.717, 1.165) is 32.2 Å². The minimum atomic E-state index is -0.0612. The highest BCUT2D eigenvalue weighted by atomic mass is 16.2. The summed E-state index contributed by atoms with van der Waals surface area (Å²) in [5.74, 6) is 5.06. The van der Waals surface area contributed by atoms with Crippen molar-refractivity contribution in [1.29, 1.82) is 0 Å². The van der Waals surface area contributed by atoms with Crippen molar-refractivity contribution in [3.63, 3.8) is 0 Å². The molecule has 5 nitrogen and oxygen atoms in total. The van der Waals surface area contributed by atoms with Gasteiger partial charge in [0, 0.05) is 38.1 Å². The third-order valence-electron chi connectivity index (χ3n) is 3.79. The first-order valence-corrected chi connectivity index (χ1v) is 6.17. The van der Waals surface area contributed by atoms with E-state index in [1.54, 1.807) is 0 Å². The van der Waals surface area contributed by atoms with Crippen molar-refractivity contribution in [3.8, 4) is 0 Å². The summed E-state index contributed by atoms with van der Waals surface area (Å²) in [5.41, 5.74) is 2.22. The second-order valence-electron chi connectivity index (χ2n) is 5.00. The number of hydrogen-bond donors (Lipinski definition) is 2. The number of carbonyl (C=O) groups excluding carboxylic acids is 1. The van der Waals surface area contributed by atoms with Gasteiger partial charge in [-0.1, -0.05) is 6.92 Å². The van der Waals surface area contributed by atoms with Gasteiger partial charge in [-0.05, 0) is 19.4 Å². The molecule has 0 aromatic heterocycles. The summed E-state index contributed by atoms with van der Waals surface area (Å²) in [4.78, 5) is 16.3. The van der Waals surface area contributed by atoms with Crippen molar-refractivity contribution < 1.29 is 4.79 Å². The summed E-state index contributed by atoms with van der Waals surface area (Å²) < 4.78 is 0. The fraction of sp³-hybridized carbons (Fsp3) is 0.909. The minimum Gasteiger partial charge on any atom is -0.300 e. The number of amides is 1. The van der Waals surface area contributed by atoms with Crippen molar-refractivity contribution in [2.24, 2.45) is 11.8 Å². The lowest BCUT2D eigenvalue weighted by atomic mass is 10.1. The topological polar surface area (TPSA) is 61.6 Å². The lowest BCUT2D eigenvalue weighted by Gasteiger charge is -2.38. The highest BCUT2D eigenvalue weighted by molar-refractivity contribution is 5.77. The second-order valence-corrected chi connectivity index (χ2v) is 5.00. The Balaban J connectivity index is 1.80. The molecule has 3 N–H and O–H groups in total. The zero-order valence-corrected chi connectivity index (χ0v) is 9.98. The summed E-state index contributed by atoms with van der Waals surface area (Å²) in [6.07, 6.45) is 2.64. The predicted molar refractivity (Wildman–Crippen MR) is 62.5 cm³/mol. The molecule has 1 amide bonds. The molecule has 0 spiro atoms. The Bertz CT molecular complexity index is 258. The quantitative estimate of drug-likeness (QED) is 0.383. The average molecular weight is 226 g/mol. The van der Waals surface area contributed by atoms with Gasteiger partial charge in [0.15, 0.2) is 0 Å². The van der Waals surface area contributed by atoms with Gasteiger partial charge >= 0.3 is 0 Å². The maximum Gasteiger partial charge on any atom is 0.237 e. The number of nitrogens with one attached hydrogen (secondary N) is 1. The van der Waals surface area contributed by atoms with Crippen LogP contribution in [0.3, 0.4) is 0 Å². The third-order valence-corrected chi connectivity index (χ3v) is 3.79. The highest BCUT2D eigenvalue weighted by Gasteiger charge is 2.31. The molecular weight excluding hydrogens is 204 g/mol. The molecule has 2 fully saturated rings. The van der Waals surface area contributed by atoms with Gasteiger partial charge in [0.2, 0.25) is 5.91 Å². The van der Waals surface area contributed by atoms with Gasteiger partial charge in [-0.3, -0.25) is 20.0 Å². The largest absolute Gasteiger partial charge is 0.300 e. The van der Waals surface area contributed by atoms with Crippen molar-refractivity contribution >= 4 is 5.91 Å². The van der Waals surface area contributed by atoms with Gasteiger partial charge in [-0.15, -0.1) is 0 Å². The maximum absolute atomic E-state index is 11.3. The molecule has 0 aromatic rings. The van der Waals surface area contributed by atoms with Crippen LogP contribution in [0.25, 0.3) is 0 Å². The number of carbonyl (C=O) groups is 1. The van der Waals surface area contributed by atoms with Crippen LogP contribution in [0, 0.1) is 5.92 Å². The molecule has 2 rings (SSSR count). The number of nitrogens with zero attached hydrogens (tertiary/aromatic N) is 2. The van der Waals surface area contributed by atoms with Crippen LogP contribution in [-0.2, 0) is 4.79 Å². The molecule has 0 aromatic carbocycles. The van der Waals surface area contributed by atoms with Crippen molar-refractivity contribution in [2.45, 2.75) is 25.8 Å². The van der Waals surface area contributed by atoms with Crippen molar-refractivity contribution in [1.82, 2.24) is 15.2 Å². The number of rotatable bonds is 3. The molecule has 5 heteroatoms. The smallest absolute Gasteiger partial charge is 0.237 e. The lowest BCUT2D eigenvalue weighted by Crippen LogP contribution is -2.52. The zero-order valence-electron chi connectivity index (χ0n) is 9.98. The molecule has 2 aliphatic rings. The maximum atomic E-state index is 11.3. The van der Waals surface area contributed by atoms with Crippen LogP contribution in [0.2, 0.25) is 0 Å². The lowest BCUT2D eigenvalue weighted by molar-refractivity contribution is -0.125. The van der Waals surface area contributed by atoms with E-state index in [1.807, 2.05) is 6.92 Å². The first kappa shape index (κ1) is 11.8. The van der Waals surface area contributed by atoms with Crippen LogP contribution in [0.5, 0.6) is 0 Å². The van der Waals surface area contributed by atoms with Gasteiger partial charge in [0.1, 0.15) is 0 Å². The van der Waals surface area contributed by atoms with Crippen LogP contribution in [0.4, 0.5) is 0 Å². The van der Waals surface area contributed by atoms with E-state index in [-0.39, 0.29) is 11.8 Å². The molecule has 2 saturated heterocycles. The fourth-order valence-electron chi connectivity index (χ4n) is 2.83. The molecule has 0 saturated carbocycles. The van der Waals surface area contributed by atoms with Crippen molar-refractivity contribution in [2.75, 3.05) is 32.7 Å². The summed E-state index contributed by atoms with van der Waals surface area (Å²) in [6.45, 7) is 7.37. The first-order valence-electron chi connectivity index (χ1n) is 6.17. The van der Waals surface area contributed by atoms with Crippen LogP contribution < -0.4 is 11.3 Å². The third kappa shape index (κ3) is 2.53. The number of fused-ring (bicyclic) bond motifs is 1. The molecule has 16 heavy (non-hydrogen) atoms. The van der Waals surface area contributed by atoms with E-state index in [9.17, 15) is 4.79 Å². The molecule has 0 bridgehead atoms. The Labute approximate surface area is 96.9 Å². The standard InChI is InChI=1S/C11H22N4O/c1-9(11(16)13-12)7-14-5-6-15-4-2-3-10(15)8-14/h9-10H,2-8,12H2,1H3,(H,13,16). The van der Waals surface area contributed by atoms with E-state index < -0.39 is 0 Å². The molecule has 2 atom stereocenters. The van der Waals surface area contributed by atoms with E-state index in [1.165, 1.54) is 19.4 Å². The van der Waals surface area contributed by atoms with Gasteiger partial charge in [-0.2, -0.15) is 0 Å². The van der Waals surface area contributed by atoms with Crippen LogP contribution in [-0.4, -0.2) is 54.5 Å². The van der Waals surface area contributed by atoms with E-state index in [4.69, 9.17) is 5.84 Å². The Hall–Kier alpha value is -0.650. The molecule has 2 aliphatic heterocycles. The SMILES string of the molecule is CC(CN1CCN2CCCC2C1)C(=O)NN. The van der Waals surface area contributed by atoms with E-state index in [0.29, 0.717) is 0 Å². The second kappa shape index (κ2) is 5.12. The summed E-state index contributed by atoms with van der Waals surface area (Å²) >= 11 is 0. The summed E-state index contributed by atoms with van der Waals surface area (Å²) in [5, 5.41) is 0. The fourth-order valence-corrected chi connectivity index (χ4v) is 2.83. The molecule has 2 unspecified atom stereocenters. The monoisotopic (exact) mass is 226 g/mol. The van der Waals surface area contributed by atoms with Gasteiger partial charge in [-0.25, -0.2) is 5.84 Å². The Kier molecular flexibility index (Phi) is 3.78. The molecule has 2 heterocycles. The average Bonchev–Trinajstić information content (AvgIpc) is 2.75. The Morgan fingerprint density at radius 1 is 1.50 bits per heavy atom. The molecular formula is C11H22N4O. The van der Waals surface area contributed by atoms with Crippen LogP contribution in [0.15, 0.2) is 0 Å². The zero-order chi connectivity index (χ0) is 11.5. The number of nitrogens with two attached hydrogens (primary N) is 1. The van der Waals surface area contributed by atoms with Crippen molar-refractivity contribution in [3.05, 3.63) is 0 Å². The number of piperazine rings is 1. The summed E-state index contributed by atoms with van der Waals surface area (Å²) in [7, 11) is 0. The predicted octanol–water partition coefficient (Wildman–Crippen LogP) is -0.608. The first-order chi connectivity index (χ1) is 7.70. The van der Waals surface area contributed by atoms with E-state index >= 15 is 0 Å². The number of hydrogen-bond acceptors (Lipinski definition) is 4. The number of hydrazine groups is 1. The van der Waals surface area contributed by atoms with Gasteiger partial charge < -0.3 is 0 Å². The summed E-state index contributed by atoms with van der Waals surface area (Å²) in [6, 6.07) is 0.724. The molecule has 0 radical (unpaired) electrons. The van der Waals surface area contributed by atoms with Gasteiger partial charge in [0.25, 0.3) is 0 Å². The highest BCUT2D eigenvalue weighted by Crippen LogP contribution is 2.21. The van der Waals surface area contributed by atoms with E-state index in [2.05, 4.69) is 15.2 Å². The van der Waals surface area contributed by atoms with Crippen LogP contribution in [0.1, 0.15) is 19.8 Å². The molecule has 0 aliphatic carbocycles. The molecule has 92 valence electrons. The Morgan fingerprint density at radius 2 is 2.31 bits per heavy atom.